The summed E-state index contributed by atoms with van der Waals surface area (Å²) in [5.41, 5.74) is 0.696. The van der Waals surface area contributed by atoms with Crippen LogP contribution in [-0.4, -0.2) is 17.4 Å². The van der Waals surface area contributed by atoms with E-state index < -0.39 is 0 Å². The van der Waals surface area contributed by atoms with E-state index in [1.165, 1.54) is 0 Å². The Morgan fingerprint density at radius 2 is 2.50 bits per heavy atom. The van der Waals surface area contributed by atoms with Crippen LogP contribution in [0.5, 0.6) is 0 Å². The molecule has 0 N–H and O–H groups in total. The number of nitrogens with zero attached hydrogens (tertiary/aromatic N) is 4. The third-order valence-electron chi connectivity index (χ3n) is 1.71. The molecule has 0 aliphatic heterocycles. The summed E-state index contributed by atoms with van der Waals surface area (Å²) in [5, 5.41) is 11.3. The summed E-state index contributed by atoms with van der Waals surface area (Å²) < 4.78 is 1.58. The smallest absolute Gasteiger partial charge is 0.218 e. The minimum absolute atomic E-state index is 0.122. The molecule has 6 heteroatoms. The predicted octanol–water partition coefficient (Wildman–Crippen LogP) is -0.177. The standard InChI is InChI=1S/C6H7BN4O/c1-11-4(2-7)6(10-12)9-5(11)3-8/h2,7H2,1H3. The van der Waals surface area contributed by atoms with E-state index in [9.17, 15) is 4.91 Å². The predicted molar refractivity (Wildman–Crippen MR) is 45.6 cm³/mol. The first-order valence-corrected chi connectivity index (χ1v) is 3.53. The molecule has 0 amide bonds. The van der Waals surface area contributed by atoms with Gasteiger partial charge in [0.2, 0.25) is 11.6 Å². The molecule has 1 rings (SSSR count). The van der Waals surface area contributed by atoms with Gasteiger partial charge < -0.3 is 4.57 Å². The monoisotopic (exact) mass is 162 g/mol. The Hall–Kier alpha value is -1.64. The maximum Gasteiger partial charge on any atom is 0.218 e. The van der Waals surface area contributed by atoms with Crippen molar-refractivity contribution in [3.63, 3.8) is 0 Å². The second-order valence-corrected chi connectivity index (χ2v) is 2.32. The highest BCUT2D eigenvalue weighted by Crippen LogP contribution is 2.17. The molecule has 60 valence electrons. The average Bonchev–Trinajstić information content (AvgIpc) is 2.41. The number of hydrogen-bond donors (Lipinski definition) is 0. The Balaban J connectivity index is 3.34. The van der Waals surface area contributed by atoms with Crippen LogP contribution in [0.4, 0.5) is 5.82 Å². The number of aromatic nitrogens is 2. The molecule has 1 heterocycles. The molecule has 0 saturated heterocycles. The van der Waals surface area contributed by atoms with Gasteiger partial charge in [-0.1, -0.05) is 0 Å². The Kier molecular flexibility index (Phi) is 2.24. The zero-order valence-corrected chi connectivity index (χ0v) is 6.90. The second kappa shape index (κ2) is 3.18. The van der Waals surface area contributed by atoms with Crippen LogP contribution in [0.15, 0.2) is 5.18 Å². The van der Waals surface area contributed by atoms with Crippen LogP contribution in [0.2, 0.25) is 0 Å². The van der Waals surface area contributed by atoms with E-state index in [1.54, 1.807) is 11.6 Å². The fourth-order valence-electron chi connectivity index (χ4n) is 1.09. The maximum atomic E-state index is 10.2. The molecule has 5 nitrogen and oxygen atoms in total. The first-order chi connectivity index (χ1) is 5.74. The van der Waals surface area contributed by atoms with Crippen molar-refractivity contribution < 1.29 is 0 Å². The molecule has 0 fully saturated rings. The first kappa shape index (κ1) is 8.46. The van der Waals surface area contributed by atoms with E-state index in [2.05, 4.69) is 10.2 Å². The van der Waals surface area contributed by atoms with Gasteiger partial charge in [-0.05, 0) is 11.5 Å². The number of imidazole rings is 1. The van der Waals surface area contributed by atoms with Crippen molar-refractivity contribution >= 4 is 13.7 Å². The number of nitriles is 1. The number of hydrogen-bond acceptors (Lipinski definition) is 4. The van der Waals surface area contributed by atoms with Crippen molar-refractivity contribution in [3.8, 4) is 6.07 Å². The van der Waals surface area contributed by atoms with Gasteiger partial charge >= 0.3 is 0 Å². The lowest BCUT2D eigenvalue weighted by Gasteiger charge is -1.96. The van der Waals surface area contributed by atoms with Gasteiger partial charge in [-0.15, -0.1) is 4.91 Å². The third-order valence-corrected chi connectivity index (χ3v) is 1.71. The van der Waals surface area contributed by atoms with Crippen LogP contribution in [0.1, 0.15) is 11.5 Å². The molecule has 1 aromatic rings. The van der Waals surface area contributed by atoms with E-state index >= 15 is 0 Å². The van der Waals surface area contributed by atoms with Crippen molar-refractivity contribution in [2.75, 3.05) is 0 Å². The zero-order chi connectivity index (χ0) is 9.14. The minimum atomic E-state index is 0.122. The summed E-state index contributed by atoms with van der Waals surface area (Å²) in [6, 6.07) is 1.88. The van der Waals surface area contributed by atoms with Crippen molar-refractivity contribution in [3.05, 3.63) is 16.4 Å². The van der Waals surface area contributed by atoms with E-state index in [0.717, 1.165) is 0 Å². The highest BCUT2D eigenvalue weighted by atomic mass is 16.3. The minimum Gasteiger partial charge on any atom is -0.321 e. The van der Waals surface area contributed by atoms with Crippen molar-refractivity contribution in [1.82, 2.24) is 9.55 Å². The first-order valence-electron chi connectivity index (χ1n) is 3.53. The molecule has 0 aliphatic rings. The van der Waals surface area contributed by atoms with Crippen LogP contribution < -0.4 is 0 Å². The molecule has 0 spiro atoms. The molecule has 0 radical (unpaired) electrons. The molecular formula is C6H7BN4O. The molecule has 0 bridgehead atoms. The number of nitroso groups, excluding NO2 is 1. The van der Waals surface area contributed by atoms with Crippen molar-refractivity contribution in [2.45, 2.75) is 6.32 Å². The van der Waals surface area contributed by atoms with Crippen LogP contribution >= 0.6 is 0 Å². The Morgan fingerprint density at radius 1 is 1.83 bits per heavy atom. The largest absolute Gasteiger partial charge is 0.321 e. The van der Waals surface area contributed by atoms with Gasteiger partial charge in [-0.25, -0.2) is 0 Å². The molecule has 0 atom stereocenters. The molecule has 12 heavy (non-hydrogen) atoms. The summed E-state index contributed by atoms with van der Waals surface area (Å²) in [7, 11) is 3.58. The molecule has 0 aromatic carbocycles. The zero-order valence-electron chi connectivity index (χ0n) is 6.90. The van der Waals surface area contributed by atoms with Gasteiger partial charge in [0.15, 0.2) is 0 Å². The molecule has 0 saturated carbocycles. The lowest BCUT2D eigenvalue weighted by Crippen LogP contribution is -1.98. The molecular weight excluding hydrogens is 155 g/mol. The molecule has 0 aliphatic carbocycles. The lowest BCUT2D eigenvalue weighted by molar-refractivity contribution is 0.846. The Bertz CT molecular complexity index is 351. The Morgan fingerprint density at radius 3 is 2.83 bits per heavy atom. The summed E-state index contributed by atoms with van der Waals surface area (Å²) in [6.07, 6.45) is 0.645. The van der Waals surface area contributed by atoms with Gasteiger partial charge in [0.25, 0.3) is 0 Å². The highest BCUT2D eigenvalue weighted by molar-refractivity contribution is 6.08. The van der Waals surface area contributed by atoms with Gasteiger partial charge in [-0.2, -0.15) is 10.2 Å². The van der Waals surface area contributed by atoms with Crippen LogP contribution in [0, 0.1) is 16.2 Å². The van der Waals surface area contributed by atoms with Crippen molar-refractivity contribution in [1.29, 1.82) is 5.26 Å². The van der Waals surface area contributed by atoms with Crippen LogP contribution in [0.3, 0.4) is 0 Å². The van der Waals surface area contributed by atoms with Gasteiger partial charge in [-0.3, -0.25) is 0 Å². The topological polar surface area (TPSA) is 71.0 Å². The van der Waals surface area contributed by atoms with Gasteiger partial charge in [0.1, 0.15) is 13.9 Å². The highest BCUT2D eigenvalue weighted by Gasteiger charge is 2.12. The summed E-state index contributed by atoms with van der Waals surface area (Å²) in [4.78, 5) is 14.0. The fraction of sp³-hybridized carbons (Fsp3) is 0.333. The van der Waals surface area contributed by atoms with Gasteiger partial charge in [0.05, 0.1) is 5.69 Å². The number of rotatable bonds is 2. The SMILES string of the molecule is BCc1c(N=O)nc(C#N)n1C. The summed E-state index contributed by atoms with van der Waals surface area (Å²) >= 11 is 0. The lowest BCUT2D eigenvalue weighted by atomic mass is 10.0. The average molecular weight is 162 g/mol. The molecule has 1 aromatic heterocycles. The fourth-order valence-corrected chi connectivity index (χ4v) is 1.09. The maximum absolute atomic E-state index is 10.2. The summed E-state index contributed by atoms with van der Waals surface area (Å²) in [6.45, 7) is 0. The van der Waals surface area contributed by atoms with E-state index in [-0.39, 0.29) is 11.6 Å². The van der Waals surface area contributed by atoms with E-state index in [1.807, 2.05) is 13.9 Å². The third kappa shape index (κ3) is 1.09. The van der Waals surface area contributed by atoms with Crippen molar-refractivity contribution in [2.24, 2.45) is 12.2 Å². The molecule has 0 unspecified atom stereocenters. The summed E-state index contributed by atoms with van der Waals surface area (Å²) in [5.74, 6) is 0.345. The normalized spacial score (nSPS) is 9.33. The van der Waals surface area contributed by atoms with E-state index in [4.69, 9.17) is 5.26 Å². The second-order valence-electron chi connectivity index (χ2n) is 2.32. The quantitative estimate of drug-likeness (QED) is 0.447. The van der Waals surface area contributed by atoms with Gasteiger partial charge in [0, 0.05) is 7.05 Å². The Labute approximate surface area is 70.4 Å². The van der Waals surface area contributed by atoms with E-state index in [0.29, 0.717) is 12.0 Å². The van der Waals surface area contributed by atoms with Crippen LogP contribution in [0.25, 0.3) is 0 Å². The van der Waals surface area contributed by atoms with Crippen LogP contribution in [-0.2, 0) is 13.4 Å².